The van der Waals surface area contributed by atoms with Crippen molar-refractivity contribution in [3.63, 3.8) is 0 Å². The van der Waals surface area contributed by atoms with Crippen molar-refractivity contribution in [1.82, 2.24) is 10.2 Å². The maximum atomic E-state index is 3.51. The Balaban J connectivity index is 2.00. The quantitative estimate of drug-likeness (QED) is 0.927. The van der Waals surface area contributed by atoms with E-state index in [-0.39, 0.29) is 0 Å². The predicted octanol–water partition coefficient (Wildman–Crippen LogP) is 3.38. The van der Waals surface area contributed by atoms with Crippen LogP contribution in [0.2, 0.25) is 0 Å². The Labute approximate surface area is 127 Å². The molecule has 0 aliphatic carbocycles. The number of aryl methyl sites for hydroxylation is 1. The third-order valence-electron chi connectivity index (χ3n) is 4.34. The van der Waals surface area contributed by atoms with Gasteiger partial charge >= 0.3 is 0 Å². The molecule has 1 fully saturated rings. The Hall–Kier alpha value is -1.64. The highest BCUT2D eigenvalue weighted by molar-refractivity contribution is 5.36. The lowest BCUT2D eigenvalue weighted by atomic mass is 9.93. The maximum Gasteiger partial charge on any atom is 0.0604 e. The van der Waals surface area contributed by atoms with Crippen LogP contribution in [0, 0.1) is 6.92 Å². The minimum atomic E-state index is 0.368. The fourth-order valence-corrected chi connectivity index (χ4v) is 3.24. The largest absolute Gasteiger partial charge is 0.315 e. The molecule has 2 nitrogen and oxygen atoms in total. The molecule has 1 atom stereocenters. The number of hydrogen-bond acceptors (Lipinski definition) is 2. The van der Waals surface area contributed by atoms with Crippen LogP contribution in [0.25, 0.3) is 0 Å². The lowest BCUT2D eigenvalue weighted by molar-refractivity contribution is 0.240. The van der Waals surface area contributed by atoms with Gasteiger partial charge < -0.3 is 5.32 Å². The van der Waals surface area contributed by atoms with Gasteiger partial charge in [-0.2, -0.15) is 0 Å². The van der Waals surface area contributed by atoms with Crippen molar-refractivity contribution in [3.8, 4) is 0 Å². The van der Waals surface area contributed by atoms with Gasteiger partial charge in [0.2, 0.25) is 0 Å². The first-order valence-corrected chi connectivity index (χ1v) is 7.91. The van der Waals surface area contributed by atoms with E-state index in [1.807, 2.05) is 0 Å². The monoisotopic (exact) mass is 280 g/mol. The van der Waals surface area contributed by atoms with Crippen LogP contribution >= 0.6 is 0 Å². The van der Waals surface area contributed by atoms with E-state index >= 15 is 0 Å². The summed E-state index contributed by atoms with van der Waals surface area (Å²) in [6, 6.07) is 20.1. The summed E-state index contributed by atoms with van der Waals surface area (Å²) < 4.78 is 0. The molecule has 0 saturated carbocycles. The number of benzene rings is 2. The molecule has 2 heteroatoms. The summed E-state index contributed by atoms with van der Waals surface area (Å²) in [6.07, 6.45) is 1.22. The van der Waals surface area contributed by atoms with Crippen molar-refractivity contribution >= 4 is 0 Å². The van der Waals surface area contributed by atoms with Gasteiger partial charge in [0, 0.05) is 19.6 Å². The molecular formula is C19H24N2. The SMILES string of the molecule is Cc1ccccc1C(c1ccccc1)N1CCCNCC1. The zero-order valence-electron chi connectivity index (χ0n) is 12.8. The van der Waals surface area contributed by atoms with Crippen LogP contribution in [0.3, 0.4) is 0 Å². The first-order chi connectivity index (χ1) is 10.4. The van der Waals surface area contributed by atoms with E-state index in [2.05, 4.69) is 71.7 Å². The van der Waals surface area contributed by atoms with Gasteiger partial charge in [-0.05, 0) is 36.6 Å². The van der Waals surface area contributed by atoms with Crippen LogP contribution in [0.5, 0.6) is 0 Å². The highest BCUT2D eigenvalue weighted by Crippen LogP contribution is 2.30. The summed E-state index contributed by atoms with van der Waals surface area (Å²) in [7, 11) is 0. The Morgan fingerprint density at radius 2 is 1.67 bits per heavy atom. The summed E-state index contributed by atoms with van der Waals surface area (Å²) >= 11 is 0. The summed E-state index contributed by atoms with van der Waals surface area (Å²) in [5, 5.41) is 3.51. The Morgan fingerprint density at radius 1 is 0.905 bits per heavy atom. The van der Waals surface area contributed by atoms with E-state index in [1.165, 1.54) is 23.1 Å². The molecule has 0 bridgehead atoms. The minimum absolute atomic E-state index is 0.368. The summed E-state index contributed by atoms with van der Waals surface area (Å²) in [5.74, 6) is 0. The number of hydrogen-bond donors (Lipinski definition) is 1. The molecule has 0 aromatic heterocycles. The van der Waals surface area contributed by atoms with Gasteiger partial charge in [-0.1, -0.05) is 54.6 Å². The molecule has 2 aromatic rings. The molecule has 0 amide bonds. The Bertz CT molecular complexity index is 557. The zero-order valence-corrected chi connectivity index (χ0v) is 12.8. The van der Waals surface area contributed by atoms with E-state index in [4.69, 9.17) is 0 Å². The fourth-order valence-electron chi connectivity index (χ4n) is 3.24. The molecule has 1 N–H and O–H groups in total. The van der Waals surface area contributed by atoms with Crippen LogP contribution in [0.1, 0.15) is 29.2 Å². The van der Waals surface area contributed by atoms with Gasteiger partial charge in [-0.3, -0.25) is 4.90 Å². The third kappa shape index (κ3) is 3.34. The molecule has 1 aliphatic rings. The Kier molecular flexibility index (Phi) is 4.69. The van der Waals surface area contributed by atoms with Gasteiger partial charge in [0.15, 0.2) is 0 Å². The minimum Gasteiger partial charge on any atom is -0.315 e. The first-order valence-electron chi connectivity index (χ1n) is 7.91. The van der Waals surface area contributed by atoms with E-state index in [1.54, 1.807) is 0 Å². The first kappa shape index (κ1) is 14.3. The number of nitrogens with one attached hydrogen (secondary N) is 1. The Morgan fingerprint density at radius 3 is 2.48 bits per heavy atom. The third-order valence-corrected chi connectivity index (χ3v) is 4.34. The standard InChI is InChI=1S/C19H24N2/c1-16-8-5-6-11-18(16)19(17-9-3-2-4-10-17)21-14-7-12-20-13-15-21/h2-6,8-11,19-20H,7,12-15H2,1H3. The van der Waals surface area contributed by atoms with Gasteiger partial charge in [-0.25, -0.2) is 0 Å². The molecular weight excluding hydrogens is 256 g/mol. The number of rotatable bonds is 3. The van der Waals surface area contributed by atoms with Gasteiger partial charge in [0.1, 0.15) is 0 Å². The average Bonchev–Trinajstić information content (AvgIpc) is 2.80. The molecule has 3 rings (SSSR count). The molecule has 1 aliphatic heterocycles. The van der Waals surface area contributed by atoms with Crippen LogP contribution in [0.15, 0.2) is 54.6 Å². The van der Waals surface area contributed by atoms with Crippen LogP contribution in [-0.2, 0) is 0 Å². The van der Waals surface area contributed by atoms with Gasteiger partial charge in [0.25, 0.3) is 0 Å². The molecule has 1 heterocycles. The molecule has 0 radical (unpaired) electrons. The molecule has 1 saturated heterocycles. The van der Waals surface area contributed by atoms with Crippen molar-refractivity contribution in [3.05, 3.63) is 71.3 Å². The molecule has 21 heavy (non-hydrogen) atoms. The molecule has 1 unspecified atom stereocenters. The normalized spacial score (nSPS) is 18.1. The highest BCUT2D eigenvalue weighted by Gasteiger charge is 2.23. The van der Waals surface area contributed by atoms with Crippen molar-refractivity contribution in [2.24, 2.45) is 0 Å². The second kappa shape index (κ2) is 6.88. The highest BCUT2D eigenvalue weighted by atomic mass is 15.2. The van der Waals surface area contributed by atoms with Gasteiger partial charge in [-0.15, -0.1) is 0 Å². The van der Waals surface area contributed by atoms with Crippen LogP contribution < -0.4 is 5.32 Å². The maximum absolute atomic E-state index is 3.51. The van der Waals surface area contributed by atoms with E-state index in [0.29, 0.717) is 6.04 Å². The topological polar surface area (TPSA) is 15.3 Å². The van der Waals surface area contributed by atoms with Gasteiger partial charge in [0.05, 0.1) is 6.04 Å². The average molecular weight is 280 g/mol. The van der Waals surface area contributed by atoms with E-state index < -0.39 is 0 Å². The van der Waals surface area contributed by atoms with Crippen LogP contribution in [-0.4, -0.2) is 31.1 Å². The predicted molar refractivity (Wildman–Crippen MR) is 88.5 cm³/mol. The summed E-state index contributed by atoms with van der Waals surface area (Å²) in [4.78, 5) is 2.62. The van der Waals surface area contributed by atoms with Crippen molar-refractivity contribution in [2.45, 2.75) is 19.4 Å². The number of nitrogens with zero attached hydrogens (tertiary/aromatic N) is 1. The summed E-state index contributed by atoms with van der Waals surface area (Å²) in [5.41, 5.74) is 4.21. The fraction of sp³-hybridized carbons (Fsp3) is 0.368. The van der Waals surface area contributed by atoms with E-state index in [0.717, 1.165) is 26.2 Å². The molecule has 0 spiro atoms. The zero-order chi connectivity index (χ0) is 14.5. The second-order valence-corrected chi connectivity index (χ2v) is 5.81. The van der Waals surface area contributed by atoms with Crippen LogP contribution in [0.4, 0.5) is 0 Å². The lowest BCUT2D eigenvalue weighted by Crippen LogP contribution is -2.33. The van der Waals surface area contributed by atoms with Crippen molar-refractivity contribution in [1.29, 1.82) is 0 Å². The second-order valence-electron chi connectivity index (χ2n) is 5.81. The van der Waals surface area contributed by atoms with Crippen molar-refractivity contribution < 1.29 is 0 Å². The summed E-state index contributed by atoms with van der Waals surface area (Å²) in [6.45, 7) is 6.69. The smallest absolute Gasteiger partial charge is 0.0604 e. The van der Waals surface area contributed by atoms with Crippen molar-refractivity contribution in [2.75, 3.05) is 26.2 Å². The molecule has 110 valence electrons. The van der Waals surface area contributed by atoms with E-state index in [9.17, 15) is 0 Å². The lowest BCUT2D eigenvalue weighted by Gasteiger charge is -2.32. The molecule has 2 aromatic carbocycles.